The highest BCUT2D eigenvalue weighted by atomic mass is 79.9. The van der Waals surface area contributed by atoms with Gasteiger partial charge in [0.05, 0.1) is 10.2 Å². The lowest BCUT2D eigenvalue weighted by atomic mass is 10.1. The quantitative estimate of drug-likeness (QED) is 0.830. The molecule has 2 heterocycles. The van der Waals surface area contributed by atoms with Crippen molar-refractivity contribution in [3.05, 3.63) is 16.4 Å². The summed E-state index contributed by atoms with van der Waals surface area (Å²) in [5, 5.41) is 2.79. The standard InChI is InChI=1S/C15H21BrF2N4O2/c1-9-10(16)7-19-12(21-9)20-8-11-15(17,18)5-6-22(11)13(23)24-14(2,3)4/h7,11H,5-6,8H2,1-4H3,(H,19,20,21). The molecule has 0 aromatic carbocycles. The van der Waals surface area contributed by atoms with Crippen molar-refractivity contribution in [1.29, 1.82) is 0 Å². The van der Waals surface area contributed by atoms with Crippen molar-refractivity contribution in [1.82, 2.24) is 14.9 Å². The minimum atomic E-state index is -2.99. The predicted octanol–water partition coefficient (Wildman–Crippen LogP) is 3.60. The first-order chi connectivity index (χ1) is 11.0. The fourth-order valence-electron chi connectivity index (χ4n) is 2.34. The number of alkyl halides is 2. The average molecular weight is 407 g/mol. The van der Waals surface area contributed by atoms with Gasteiger partial charge in [0, 0.05) is 25.7 Å². The zero-order valence-electron chi connectivity index (χ0n) is 14.1. The van der Waals surface area contributed by atoms with E-state index in [1.807, 2.05) is 0 Å². The van der Waals surface area contributed by atoms with Crippen molar-refractivity contribution < 1.29 is 18.3 Å². The largest absolute Gasteiger partial charge is 0.444 e. The molecule has 1 amide bonds. The molecule has 1 atom stereocenters. The van der Waals surface area contributed by atoms with Crippen LogP contribution in [-0.2, 0) is 4.74 Å². The van der Waals surface area contributed by atoms with Gasteiger partial charge in [-0.2, -0.15) is 0 Å². The number of hydrogen-bond donors (Lipinski definition) is 1. The fourth-order valence-corrected chi connectivity index (χ4v) is 2.54. The van der Waals surface area contributed by atoms with Gasteiger partial charge < -0.3 is 10.1 Å². The second kappa shape index (κ2) is 6.78. The van der Waals surface area contributed by atoms with Crippen LogP contribution in [0.3, 0.4) is 0 Å². The van der Waals surface area contributed by atoms with Gasteiger partial charge in [0.25, 0.3) is 5.92 Å². The highest BCUT2D eigenvalue weighted by Crippen LogP contribution is 2.35. The van der Waals surface area contributed by atoms with Crippen molar-refractivity contribution in [3.8, 4) is 0 Å². The average Bonchev–Trinajstić information content (AvgIpc) is 2.73. The summed E-state index contributed by atoms with van der Waals surface area (Å²) < 4.78 is 34.3. The molecule has 1 aromatic heterocycles. The molecule has 6 nitrogen and oxygen atoms in total. The SMILES string of the molecule is Cc1nc(NCC2N(C(=O)OC(C)(C)C)CCC2(F)F)ncc1Br. The summed E-state index contributed by atoms with van der Waals surface area (Å²) in [7, 11) is 0. The number of hydrogen-bond acceptors (Lipinski definition) is 5. The number of aromatic nitrogens is 2. The maximum atomic E-state index is 14.2. The molecule has 1 N–H and O–H groups in total. The third kappa shape index (κ3) is 4.52. The number of halogens is 3. The lowest BCUT2D eigenvalue weighted by Gasteiger charge is -2.30. The molecule has 9 heteroatoms. The number of amides is 1. The second-order valence-corrected chi connectivity index (χ2v) is 7.56. The van der Waals surface area contributed by atoms with Crippen LogP contribution < -0.4 is 5.32 Å². The third-order valence-electron chi connectivity index (χ3n) is 3.55. The van der Waals surface area contributed by atoms with Crippen molar-refractivity contribution in [2.75, 3.05) is 18.4 Å². The molecule has 0 aliphatic carbocycles. The van der Waals surface area contributed by atoms with E-state index in [1.54, 1.807) is 33.9 Å². The second-order valence-electron chi connectivity index (χ2n) is 6.71. The molecular weight excluding hydrogens is 386 g/mol. The number of carbonyl (C=O) groups is 1. The Kier molecular flexibility index (Phi) is 5.31. The highest BCUT2D eigenvalue weighted by Gasteiger charge is 2.51. The number of nitrogens with one attached hydrogen (secondary N) is 1. The Hall–Kier alpha value is -1.51. The molecule has 24 heavy (non-hydrogen) atoms. The van der Waals surface area contributed by atoms with Gasteiger partial charge in [0.2, 0.25) is 5.95 Å². The number of anilines is 1. The van der Waals surface area contributed by atoms with E-state index in [2.05, 4.69) is 31.2 Å². The maximum absolute atomic E-state index is 14.2. The number of aryl methyl sites for hydroxylation is 1. The number of carbonyl (C=O) groups excluding carboxylic acids is 1. The molecule has 1 unspecified atom stereocenters. The van der Waals surface area contributed by atoms with Crippen LogP contribution in [0.25, 0.3) is 0 Å². The van der Waals surface area contributed by atoms with Crippen LogP contribution in [0.5, 0.6) is 0 Å². The molecular formula is C15H21BrF2N4O2. The Morgan fingerprint density at radius 2 is 2.21 bits per heavy atom. The molecule has 1 fully saturated rings. The van der Waals surface area contributed by atoms with Gasteiger partial charge in [-0.05, 0) is 43.6 Å². The van der Waals surface area contributed by atoms with E-state index in [9.17, 15) is 13.6 Å². The molecule has 0 spiro atoms. The van der Waals surface area contributed by atoms with E-state index in [4.69, 9.17) is 4.74 Å². The Labute approximate surface area is 148 Å². The maximum Gasteiger partial charge on any atom is 0.410 e. The summed E-state index contributed by atoms with van der Waals surface area (Å²) in [5.41, 5.74) is -0.0477. The highest BCUT2D eigenvalue weighted by molar-refractivity contribution is 9.10. The lowest BCUT2D eigenvalue weighted by Crippen LogP contribution is -2.48. The smallest absolute Gasteiger partial charge is 0.410 e. The zero-order valence-corrected chi connectivity index (χ0v) is 15.7. The summed E-state index contributed by atoms with van der Waals surface area (Å²) in [6, 6.07) is -1.31. The molecule has 1 saturated heterocycles. The van der Waals surface area contributed by atoms with Gasteiger partial charge in [0.1, 0.15) is 11.6 Å². The third-order valence-corrected chi connectivity index (χ3v) is 4.33. The van der Waals surface area contributed by atoms with E-state index in [1.165, 1.54) is 0 Å². The van der Waals surface area contributed by atoms with Crippen molar-refractivity contribution in [3.63, 3.8) is 0 Å². The van der Waals surface area contributed by atoms with Crippen molar-refractivity contribution in [2.24, 2.45) is 0 Å². The minimum absolute atomic E-state index is 0.0471. The molecule has 0 bridgehead atoms. The Morgan fingerprint density at radius 1 is 1.54 bits per heavy atom. The van der Waals surface area contributed by atoms with Gasteiger partial charge in [-0.15, -0.1) is 0 Å². The van der Waals surface area contributed by atoms with Gasteiger partial charge in [0.15, 0.2) is 0 Å². The molecule has 1 aromatic rings. The first-order valence-electron chi connectivity index (χ1n) is 7.60. The van der Waals surface area contributed by atoms with Crippen molar-refractivity contribution in [2.45, 2.75) is 51.7 Å². The van der Waals surface area contributed by atoms with Gasteiger partial charge in [-0.25, -0.2) is 23.5 Å². The number of rotatable bonds is 3. The van der Waals surface area contributed by atoms with Crippen LogP contribution in [0.1, 0.15) is 32.9 Å². The summed E-state index contributed by atoms with van der Waals surface area (Å²) >= 11 is 3.28. The van der Waals surface area contributed by atoms with E-state index in [0.717, 1.165) is 9.37 Å². The van der Waals surface area contributed by atoms with Crippen LogP contribution in [0, 0.1) is 6.92 Å². The van der Waals surface area contributed by atoms with E-state index in [0.29, 0.717) is 5.69 Å². The summed E-state index contributed by atoms with van der Waals surface area (Å²) in [5.74, 6) is -2.75. The summed E-state index contributed by atoms with van der Waals surface area (Å²) in [4.78, 5) is 21.4. The van der Waals surface area contributed by atoms with E-state index >= 15 is 0 Å². The Balaban J connectivity index is 2.08. The zero-order chi connectivity index (χ0) is 18.1. The molecule has 0 saturated carbocycles. The number of likely N-dealkylation sites (tertiary alicyclic amines) is 1. The Bertz CT molecular complexity index is 622. The molecule has 134 valence electrons. The molecule has 2 rings (SSSR count). The molecule has 1 aliphatic heterocycles. The van der Waals surface area contributed by atoms with Crippen LogP contribution in [0.15, 0.2) is 10.7 Å². The monoisotopic (exact) mass is 406 g/mol. The van der Waals surface area contributed by atoms with Gasteiger partial charge in [-0.3, -0.25) is 4.90 Å². The molecule has 1 aliphatic rings. The predicted molar refractivity (Wildman–Crippen MR) is 89.3 cm³/mol. The van der Waals surface area contributed by atoms with Crippen molar-refractivity contribution >= 4 is 28.0 Å². The first kappa shape index (κ1) is 18.8. The summed E-state index contributed by atoms with van der Waals surface area (Å²) in [6.45, 7) is 6.66. The number of ether oxygens (including phenoxy) is 1. The molecule has 0 radical (unpaired) electrons. The first-order valence-corrected chi connectivity index (χ1v) is 8.39. The van der Waals surface area contributed by atoms with Gasteiger partial charge in [-0.1, -0.05) is 0 Å². The normalized spacial score (nSPS) is 20.1. The summed E-state index contributed by atoms with van der Waals surface area (Å²) in [6.07, 6.45) is 0.418. The van der Waals surface area contributed by atoms with E-state index in [-0.39, 0.29) is 19.0 Å². The minimum Gasteiger partial charge on any atom is -0.444 e. The van der Waals surface area contributed by atoms with Crippen LogP contribution in [0.2, 0.25) is 0 Å². The topological polar surface area (TPSA) is 67.4 Å². The fraction of sp³-hybridized carbons (Fsp3) is 0.667. The lowest BCUT2D eigenvalue weighted by molar-refractivity contribution is -0.0360. The Morgan fingerprint density at radius 3 is 2.79 bits per heavy atom. The van der Waals surface area contributed by atoms with Crippen LogP contribution in [-0.4, -0.2) is 51.6 Å². The van der Waals surface area contributed by atoms with E-state index < -0.39 is 30.1 Å². The van der Waals surface area contributed by atoms with Crippen LogP contribution >= 0.6 is 15.9 Å². The van der Waals surface area contributed by atoms with Gasteiger partial charge >= 0.3 is 6.09 Å². The van der Waals surface area contributed by atoms with Crippen LogP contribution in [0.4, 0.5) is 19.5 Å². The number of nitrogens with zero attached hydrogens (tertiary/aromatic N) is 3.